The van der Waals surface area contributed by atoms with Crippen molar-refractivity contribution in [3.05, 3.63) is 36.2 Å². The van der Waals surface area contributed by atoms with Crippen LogP contribution in [0, 0.1) is 6.92 Å². The van der Waals surface area contributed by atoms with Crippen molar-refractivity contribution in [2.24, 2.45) is 0 Å². The minimum absolute atomic E-state index is 0.439. The lowest BCUT2D eigenvalue weighted by Gasteiger charge is -2.10. The molecule has 0 spiro atoms. The van der Waals surface area contributed by atoms with Gasteiger partial charge in [0, 0.05) is 11.8 Å². The number of benzene rings is 1. The fourth-order valence-electron chi connectivity index (χ4n) is 1.48. The van der Waals surface area contributed by atoms with E-state index in [4.69, 9.17) is 10.5 Å². The first-order chi connectivity index (χ1) is 8.19. The van der Waals surface area contributed by atoms with Crippen LogP contribution in [0.2, 0.25) is 0 Å². The molecule has 1 aromatic carbocycles. The fourth-order valence-corrected chi connectivity index (χ4v) is 1.48. The van der Waals surface area contributed by atoms with Gasteiger partial charge in [-0.25, -0.2) is 9.97 Å². The summed E-state index contributed by atoms with van der Waals surface area (Å²) in [6.07, 6.45) is 1.43. The zero-order chi connectivity index (χ0) is 12.3. The number of hydrogen-bond donors (Lipinski definition) is 2. The molecular formula is C12H14N4O. The van der Waals surface area contributed by atoms with E-state index in [0.717, 1.165) is 17.0 Å². The minimum atomic E-state index is 0.439. The van der Waals surface area contributed by atoms with Gasteiger partial charge < -0.3 is 15.8 Å². The van der Waals surface area contributed by atoms with Crippen LogP contribution in [0.3, 0.4) is 0 Å². The maximum absolute atomic E-state index is 5.58. The van der Waals surface area contributed by atoms with Gasteiger partial charge in [0.25, 0.3) is 0 Å². The topological polar surface area (TPSA) is 73.1 Å². The number of rotatable bonds is 3. The third-order valence-electron chi connectivity index (χ3n) is 2.38. The van der Waals surface area contributed by atoms with Crippen molar-refractivity contribution in [1.29, 1.82) is 0 Å². The number of ether oxygens (including phenoxy) is 1. The first kappa shape index (κ1) is 11.2. The molecule has 3 N–H and O–H groups in total. The summed E-state index contributed by atoms with van der Waals surface area (Å²) in [5, 5.41) is 3.18. The van der Waals surface area contributed by atoms with Crippen LogP contribution in [0.15, 0.2) is 30.6 Å². The van der Waals surface area contributed by atoms with Crippen LogP contribution in [-0.4, -0.2) is 17.1 Å². The Hall–Kier alpha value is -2.30. The van der Waals surface area contributed by atoms with Crippen LogP contribution in [0.25, 0.3) is 0 Å². The molecule has 17 heavy (non-hydrogen) atoms. The van der Waals surface area contributed by atoms with Gasteiger partial charge in [0.05, 0.1) is 7.11 Å². The Balaban J connectivity index is 2.24. The summed E-state index contributed by atoms with van der Waals surface area (Å²) in [7, 11) is 1.65. The lowest BCUT2D eigenvalue weighted by molar-refractivity contribution is 0.414. The molecule has 1 heterocycles. The van der Waals surface area contributed by atoms with Crippen molar-refractivity contribution < 1.29 is 4.74 Å². The summed E-state index contributed by atoms with van der Waals surface area (Å²) < 4.78 is 5.15. The Bertz CT molecular complexity index is 528. The molecule has 0 amide bonds. The van der Waals surface area contributed by atoms with Crippen LogP contribution in [0.4, 0.5) is 17.3 Å². The number of hydrogen-bond acceptors (Lipinski definition) is 5. The molecule has 0 saturated carbocycles. The van der Waals surface area contributed by atoms with Crippen LogP contribution in [-0.2, 0) is 0 Å². The molecule has 0 bridgehead atoms. The second-order valence-corrected chi connectivity index (χ2v) is 3.63. The summed E-state index contributed by atoms with van der Waals surface area (Å²) in [6, 6.07) is 7.46. The van der Waals surface area contributed by atoms with Crippen molar-refractivity contribution in [1.82, 2.24) is 9.97 Å². The van der Waals surface area contributed by atoms with Gasteiger partial charge in [-0.1, -0.05) is 0 Å². The van der Waals surface area contributed by atoms with E-state index >= 15 is 0 Å². The highest BCUT2D eigenvalue weighted by Gasteiger charge is 2.02. The van der Waals surface area contributed by atoms with E-state index in [0.29, 0.717) is 11.6 Å². The van der Waals surface area contributed by atoms with Gasteiger partial charge in [-0.15, -0.1) is 0 Å². The number of nitrogens with zero attached hydrogens (tertiary/aromatic N) is 2. The Morgan fingerprint density at radius 2 is 2.06 bits per heavy atom. The molecule has 88 valence electrons. The van der Waals surface area contributed by atoms with Gasteiger partial charge in [-0.05, 0) is 30.7 Å². The van der Waals surface area contributed by atoms with E-state index in [1.165, 1.54) is 6.33 Å². The molecule has 0 unspecified atom stereocenters. The van der Waals surface area contributed by atoms with Crippen molar-refractivity contribution in [2.45, 2.75) is 6.92 Å². The number of anilines is 3. The van der Waals surface area contributed by atoms with Gasteiger partial charge in [0.15, 0.2) is 0 Å². The van der Waals surface area contributed by atoms with Crippen LogP contribution in [0.1, 0.15) is 5.56 Å². The third-order valence-corrected chi connectivity index (χ3v) is 2.38. The molecule has 1 aromatic heterocycles. The maximum Gasteiger partial charge on any atom is 0.135 e. The molecule has 0 radical (unpaired) electrons. The van der Waals surface area contributed by atoms with Crippen molar-refractivity contribution >= 4 is 17.3 Å². The average Bonchev–Trinajstić information content (AvgIpc) is 2.32. The second-order valence-electron chi connectivity index (χ2n) is 3.63. The third kappa shape index (κ3) is 2.63. The molecule has 0 aliphatic heterocycles. The largest absolute Gasteiger partial charge is 0.497 e. The number of methoxy groups -OCH3 is 1. The quantitative estimate of drug-likeness (QED) is 0.844. The Labute approximate surface area is 99.7 Å². The van der Waals surface area contributed by atoms with Gasteiger partial charge >= 0.3 is 0 Å². The van der Waals surface area contributed by atoms with E-state index < -0.39 is 0 Å². The smallest absolute Gasteiger partial charge is 0.135 e. The van der Waals surface area contributed by atoms with Gasteiger partial charge in [0.2, 0.25) is 0 Å². The highest BCUT2D eigenvalue weighted by atomic mass is 16.5. The number of nitrogens with one attached hydrogen (secondary N) is 1. The molecule has 0 aliphatic carbocycles. The molecule has 0 saturated heterocycles. The summed E-state index contributed by atoms with van der Waals surface area (Å²) in [4.78, 5) is 7.92. The molecule has 0 fully saturated rings. The first-order valence-electron chi connectivity index (χ1n) is 5.18. The standard InChI is InChI=1S/C12H14N4O/c1-8-5-9(17-2)3-4-10(8)16-12-6-11(13)14-7-15-12/h3-7H,1-2H3,(H3,13,14,15,16). The van der Waals surface area contributed by atoms with E-state index in [2.05, 4.69) is 15.3 Å². The minimum Gasteiger partial charge on any atom is -0.497 e. The predicted octanol–water partition coefficient (Wildman–Crippen LogP) is 2.12. The number of nitrogens with two attached hydrogens (primary N) is 1. The Morgan fingerprint density at radius 1 is 1.24 bits per heavy atom. The second kappa shape index (κ2) is 4.69. The van der Waals surface area contributed by atoms with E-state index in [1.807, 2.05) is 25.1 Å². The molecule has 5 heteroatoms. The fraction of sp³-hybridized carbons (Fsp3) is 0.167. The van der Waals surface area contributed by atoms with Crippen LogP contribution >= 0.6 is 0 Å². The van der Waals surface area contributed by atoms with E-state index in [-0.39, 0.29) is 0 Å². The van der Waals surface area contributed by atoms with Crippen LogP contribution < -0.4 is 15.8 Å². The summed E-state index contributed by atoms with van der Waals surface area (Å²) >= 11 is 0. The van der Waals surface area contributed by atoms with E-state index in [1.54, 1.807) is 13.2 Å². The summed E-state index contributed by atoms with van der Waals surface area (Å²) in [5.41, 5.74) is 7.62. The Kier molecular flexibility index (Phi) is 3.09. The lowest BCUT2D eigenvalue weighted by atomic mass is 10.2. The maximum atomic E-state index is 5.58. The zero-order valence-electron chi connectivity index (χ0n) is 9.77. The van der Waals surface area contributed by atoms with Gasteiger partial charge in [-0.3, -0.25) is 0 Å². The number of aromatic nitrogens is 2. The number of aryl methyl sites for hydroxylation is 1. The first-order valence-corrected chi connectivity index (χ1v) is 5.18. The van der Waals surface area contributed by atoms with Gasteiger partial charge in [-0.2, -0.15) is 0 Å². The summed E-state index contributed by atoms with van der Waals surface area (Å²) in [5.74, 6) is 1.94. The van der Waals surface area contributed by atoms with Crippen LogP contribution in [0.5, 0.6) is 5.75 Å². The SMILES string of the molecule is COc1ccc(Nc2cc(N)ncn2)c(C)c1. The highest BCUT2D eigenvalue weighted by Crippen LogP contribution is 2.23. The Morgan fingerprint density at radius 3 is 2.71 bits per heavy atom. The molecule has 2 rings (SSSR count). The molecule has 5 nitrogen and oxygen atoms in total. The molecule has 0 atom stereocenters. The lowest BCUT2D eigenvalue weighted by Crippen LogP contribution is -1.98. The zero-order valence-corrected chi connectivity index (χ0v) is 9.77. The monoisotopic (exact) mass is 230 g/mol. The van der Waals surface area contributed by atoms with Crippen molar-refractivity contribution in [3.8, 4) is 5.75 Å². The summed E-state index contributed by atoms with van der Waals surface area (Å²) in [6.45, 7) is 2.00. The molecular weight excluding hydrogens is 216 g/mol. The normalized spacial score (nSPS) is 10.0. The predicted molar refractivity (Wildman–Crippen MR) is 67.5 cm³/mol. The van der Waals surface area contributed by atoms with Crippen molar-refractivity contribution in [3.63, 3.8) is 0 Å². The average molecular weight is 230 g/mol. The highest BCUT2D eigenvalue weighted by molar-refractivity contribution is 5.62. The molecule has 2 aromatic rings. The van der Waals surface area contributed by atoms with E-state index in [9.17, 15) is 0 Å². The molecule has 0 aliphatic rings. The van der Waals surface area contributed by atoms with Gasteiger partial charge in [0.1, 0.15) is 23.7 Å². The number of nitrogen functional groups attached to an aromatic ring is 1. The van der Waals surface area contributed by atoms with Crippen molar-refractivity contribution in [2.75, 3.05) is 18.2 Å².